The zero-order valence-electron chi connectivity index (χ0n) is 11.5. The van der Waals surface area contributed by atoms with E-state index in [1.807, 2.05) is 0 Å². The van der Waals surface area contributed by atoms with Crippen LogP contribution < -0.4 is 10.1 Å². The van der Waals surface area contributed by atoms with Crippen molar-refractivity contribution in [2.45, 2.75) is 12.0 Å². The topological polar surface area (TPSA) is 75.6 Å². The summed E-state index contributed by atoms with van der Waals surface area (Å²) in [7, 11) is 0. The van der Waals surface area contributed by atoms with Gasteiger partial charge in [0.2, 0.25) is 0 Å². The third-order valence-electron chi connectivity index (χ3n) is 3.27. The molecule has 0 saturated carbocycles. The number of carbonyl (C=O) groups excluding carboxylic acids is 1. The van der Waals surface area contributed by atoms with Crippen LogP contribution in [0.1, 0.15) is 16.8 Å². The Labute approximate surface area is 127 Å². The van der Waals surface area contributed by atoms with Crippen molar-refractivity contribution >= 4 is 23.6 Å². The van der Waals surface area contributed by atoms with E-state index >= 15 is 0 Å². The number of rotatable bonds is 6. The van der Waals surface area contributed by atoms with Crippen molar-refractivity contribution in [3.05, 3.63) is 42.5 Å². The summed E-state index contributed by atoms with van der Waals surface area (Å²) in [5.41, 5.74) is -0.857. The Hall–Kier alpha value is -1.95. The molecule has 1 aliphatic heterocycles. The minimum absolute atomic E-state index is 0.282. The van der Waals surface area contributed by atoms with Gasteiger partial charge in [0.05, 0.1) is 5.56 Å². The van der Waals surface area contributed by atoms with Crippen LogP contribution in [0.25, 0.3) is 0 Å². The van der Waals surface area contributed by atoms with Crippen molar-refractivity contribution in [3.63, 3.8) is 0 Å². The van der Waals surface area contributed by atoms with Gasteiger partial charge in [-0.2, -0.15) is 11.8 Å². The number of carbonyl (C=O) groups is 2. The van der Waals surface area contributed by atoms with E-state index in [0.29, 0.717) is 23.5 Å². The number of aliphatic carboxylic acids is 1. The standard InChI is InChI=1S/C15H17NO4S/c1-2-8-20-12-6-4-3-5-11(12)13(17)16-15(14(18)19)7-9-21-10-15/h2-6H,1,7-10H2,(H,16,17)(H,18,19). The molecule has 1 heterocycles. The van der Waals surface area contributed by atoms with Crippen molar-refractivity contribution in [2.24, 2.45) is 0 Å². The van der Waals surface area contributed by atoms with Crippen LogP contribution >= 0.6 is 11.8 Å². The van der Waals surface area contributed by atoms with Crippen LogP contribution in [0.2, 0.25) is 0 Å². The summed E-state index contributed by atoms with van der Waals surface area (Å²) in [4.78, 5) is 23.9. The average Bonchev–Trinajstić information content (AvgIpc) is 2.95. The summed E-state index contributed by atoms with van der Waals surface area (Å²) in [5.74, 6) is 0.0938. The lowest BCUT2D eigenvalue weighted by Crippen LogP contribution is -2.54. The number of hydrogen-bond donors (Lipinski definition) is 2. The van der Waals surface area contributed by atoms with E-state index in [0.717, 1.165) is 5.75 Å². The second kappa shape index (κ2) is 6.67. The van der Waals surface area contributed by atoms with Crippen LogP contribution in [0, 0.1) is 0 Å². The second-order valence-corrected chi connectivity index (χ2v) is 5.84. The van der Waals surface area contributed by atoms with E-state index in [1.165, 1.54) is 11.8 Å². The molecule has 5 nitrogen and oxygen atoms in total. The number of hydrogen-bond acceptors (Lipinski definition) is 4. The molecule has 1 aromatic rings. The van der Waals surface area contributed by atoms with E-state index in [4.69, 9.17) is 4.74 Å². The lowest BCUT2D eigenvalue weighted by molar-refractivity contribution is -0.143. The van der Waals surface area contributed by atoms with E-state index in [9.17, 15) is 14.7 Å². The third kappa shape index (κ3) is 3.39. The maximum atomic E-state index is 12.4. The monoisotopic (exact) mass is 307 g/mol. The first-order chi connectivity index (χ1) is 10.1. The number of amides is 1. The smallest absolute Gasteiger partial charge is 0.330 e. The van der Waals surface area contributed by atoms with Crippen molar-refractivity contribution < 1.29 is 19.4 Å². The van der Waals surface area contributed by atoms with Crippen LogP contribution in [0.3, 0.4) is 0 Å². The molecule has 0 bridgehead atoms. The van der Waals surface area contributed by atoms with Gasteiger partial charge in [0, 0.05) is 5.75 Å². The number of nitrogens with one attached hydrogen (secondary N) is 1. The van der Waals surface area contributed by atoms with Crippen molar-refractivity contribution in [2.75, 3.05) is 18.1 Å². The molecule has 0 aromatic heterocycles. The zero-order chi connectivity index (χ0) is 15.3. The summed E-state index contributed by atoms with van der Waals surface area (Å²) >= 11 is 1.52. The molecule has 1 fully saturated rings. The van der Waals surface area contributed by atoms with Gasteiger partial charge in [-0.1, -0.05) is 24.8 Å². The molecule has 2 N–H and O–H groups in total. The molecule has 0 aliphatic carbocycles. The minimum Gasteiger partial charge on any atom is -0.489 e. The first kappa shape index (κ1) is 15.4. The first-order valence-electron chi connectivity index (χ1n) is 6.55. The van der Waals surface area contributed by atoms with E-state index in [2.05, 4.69) is 11.9 Å². The van der Waals surface area contributed by atoms with Crippen LogP contribution in [0.4, 0.5) is 0 Å². The molecular formula is C15H17NO4S. The molecule has 21 heavy (non-hydrogen) atoms. The highest BCUT2D eigenvalue weighted by Gasteiger charge is 2.43. The van der Waals surface area contributed by atoms with Gasteiger partial charge in [0.25, 0.3) is 5.91 Å². The normalized spacial score (nSPS) is 20.8. The Morgan fingerprint density at radius 3 is 2.86 bits per heavy atom. The fourth-order valence-electron chi connectivity index (χ4n) is 2.10. The fourth-order valence-corrected chi connectivity index (χ4v) is 3.42. The molecule has 6 heteroatoms. The van der Waals surface area contributed by atoms with E-state index < -0.39 is 17.4 Å². The molecule has 2 rings (SSSR count). The van der Waals surface area contributed by atoms with E-state index in [-0.39, 0.29) is 6.61 Å². The number of carboxylic acid groups (broad SMARTS) is 1. The second-order valence-electron chi connectivity index (χ2n) is 4.74. The van der Waals surface area contributed by atoms with Gasteiger partial charge in [0.15, 0.2) is 0 Å². The molecular weight excluding hydrogens is 290 g/mol. The van der Waals surface area contributed by atoms with Gasteiger partial charge in [-0.3, -0.25) is 4.79 Å². The van der Waals surface area contributed by atoms with Crippen LogP contribution in [0.5, 0.6) is 5.75 Å². The van der Waals surface area contributed by atoms with Gasteiger partial charge in [0.1, 0.15) is 17.9 Å². The maximum absolute atomic E-state index is 12.4. The third-order valence-corrected chi connectivity index (χ3v) is 4.46. The summed E-state index contributed by atoms with van der Waals surface area (Å²) in [6, 6.07) is 6.76. The van der Waals surface area contributed by atoms with Crippen LogP contribution in [-0.4, -0.2) is 40.6 Å². The van der Waals surface area contributed by atoms with E-state index in [1.54, 1.807) is 30.3 Å². The predicted octanol–water partition coefficient (Wildman–Crippen LogP) is 1.94. The van der Waals surface area contributed by atoms with Crippen LogP contribution in [0.15, 0.2) is 36.9 Å². The molecule has 112 valence electrons. The van der Waals surface area contributed by atoms with Gasteiger partial charge in [-0.15, -0.1) is 0 Å². The molecule has 1 atom stereocenters. The van der Waals surface area contributed by atoms with Gasteiger partial charge >= 0.3 is 5.97 Å². The number of carboxylic acids is 1. The quantitative estimate of drug-likeness (QED) is 0.786. The molecule has 1 unspecified atom stereocenters. The number of para-hydroxylation sites is 1. The molecule has 0 spiro atoms. The van der Waals surface area contributed by atoms with Crippen molar-refractivity contribution in [3.8, 4) is 5.75 Å². The van der Waals surface area contributed by atoms with Crippen LogP contribution in [-0.2, 0) is 4.79 Å². The Morgan fingerprint density at radius 1 is 1.48 bits per heavy atom. The predicted molar refractivity (Wildman–Crippen MR) is 81.9 cm³/mol. The first-order valence-corrected chi connectivity index (χ1v) is 7.71. The SMILES string of the molecule is C=CCOc1ccccc1C(=O)NC1(C(=O)O)CCSC1. The number of benzene rings is 1. The van der Waals surface area contributed by atoms with Gasteiger partial charge < -0.3 is 15.2 Å². The highest BCUT2D eigenvalue weighted by atomic mass is 32.2. The lowest BCUT2D eigenvalue weighted by Gasteiger charge is -2.25. The Kier molecular flexibility index (Phi) is 4.90. The minimum atomic E-state index is -1.19. The zero-order valence-corrected chi connectivity index (χ0v) is 12.3. The van der Waals surface area contributed by atoms with Gasteiger partial charge in [-0.25, -0.2) is 4.79 Å². The summed E-state index contributed by atoms with van der Waals surface area (Å²) in [6.07, 6.45) is 2.01. The molecule has 1 saturated heterocycles. The Morgan fingerprint density at radius 2 is 2.24 bits per heavy atom. The Bertz CT molecular complexity index is 552. The van der Waals surface area contributed by atoms with Gasteiger partial charge in [-0.05, 0) is 24.3 Å². The number of ether oxygens (including phenoxy) is 1. The Balaban J connectivity index is 2.20. The van der Waals surface area contributed by atoms with Crippen molar-refractivity contribution in [1.82, 2.24) is 5.32 Å². The maximum Gasteiger partial charge on any atom is 0.330 e. The summed E-state index contributed by atoms with van der Waals surface area (Å²) < 4.78 is 5.43. The number of thioether (sulfide) groups is 1. The summed E-state index contributed by atoms with van der Waals surface area (Å²) in [5, 5.41) is 12.1. The van der Waals surface area contributed by atoms with Crippen molar-refractivity contribution in [1.29, 1.82) is 0 Å². The summed E-state index contributed by atoms with van der Waals surface area (Å²) in [6.45, 7) is 3.84. The highest BCUT2D eigenvalue weighted by molar-refractivity contribution is 7.99. The largest absolute Gasteiger partial charge is 0.489 e. The molecule has 1 aliphatic rings. The highest BCUT2D eigenvalue weighted by Crippen LogP contribution is 2.29. The molecule has 0 radical (unpaired) electrons. The average molecular weight is 307 g/mol. The fraction of sp³-hybridized carbons (Fsp3) is 0.333. The molecule has 1 aromatic carbocycles. The molecule has 1 amide bonds. The lowest BCUT2D eigenvalue weighted by atomic mass is 9.98.